The van der Waals surface area contributed by atoms with E-state index in [9.17, 15) is 9.59 Å². The van der Waals surface area contributed by atoms with Crippen molar-refractivity contribution in [3.05, 3.63) is 34.3 Å². The first-order valence-corrected chi connectivity index (χ1v) is 6.45. The topological polar surface area (TPSA) is 79.2 Å². The molecule has 0 fully saturated rings. The van der Waals surface area contributed by atoms with Gasteiger partial charge in [-0.15, -0.1) is 0 Å². The van der Waals surface area contributed by atoms with E-state index in [0.29, 0.717) is 5.56 Å². The molecular weight excluding hydrogens is 312 g/mol. The molecule has 5 nitrogen and oxygen atoms in total. The Morgan fingerprint density at radius 3 is 2.63 bits per heavy atom. The first-order chi connectivity index (χ1) is 9.02. The molecule has 0 unspecified atom stereocenters. The Balaban J connectivity index is 2.33. The molecule has 100 valence electrons. The Bertz CT molecular complexity index is 494. The maximum atomic E-state index is 11.7. The van der Waals surface area contributed by atoms with Crippen LogP contribution in [-0.4, -0.2) is 24.5 Å². The number of halogens is 1. The van der Waals surface area contributed by atoms with Gasteiger partial charge in [0.1, 0.15) is 6.07 Å². The molecule has 0 aromatic heterocycles. The summed E-state index contributed by atoms with van der Waals surface area (Å²) >= 11 is 3.28. The van der Waals surface area contributed by atoms with Gasteiger partial charge in [-0.1, -0.05) is 15.9 Å². The molecule has 1 atom stereocenters. The summed E-state index contributed by atoms with van der Waals surface area (Å²) in [4.78, 5) is 22.9. The molecule has 0 radical (unpaired) electrons. The van der Waals surface area contributed by atoms with E-state index in [1.165, 1.54) is 6.92 Å². The standard InChI is InChI=1S/C13H13BrN2O3/c1-9(8-15)19-12(17)6-7-16-13(18)10-2-4-11(14)5-3-10/h2-5,9H,6-7H2,1H3,(H,16,18)/t9-/m0/s1. The van der Waals surface area contributed by atoms with Crippen LogP contribution in [0, 0.1) is 11.3 Å². The fraction of sp³-hybridized carbons (Fsp3) is 0.308. The number of hydrogen-bond acceptors (Lipinski definition) is 4. The average Bonchev–Trinajstić information content (AvgIpc) is 2.39. The van der Waals surface area contributed by atoms with E-state index in [1.54, 1.807) is 30.3 Å². The second-order valence-corrected chi connectivity index (χ2v) is 4.69. The number of nitrogens with zero attached hydrogens (tertiary/aromatic N) is 1. The summed E-state index contributed by atoms with van der Waals surface area (Å²) in [6.07, 6.45) is -0.733. The highest BCUT2D eigenvalue weighted by atomic mass is 79.9. The van der Waals surface area contributed by atoms with E-state index >= 15 is 0 Å². The van der Waals surface area contributed by atoms with Gasteiger partial charge in [0, 0.05) is 16.6 Å². The summed E-state index contributed by atoms with van der Waals surface area (Å²) in [7, 11) is 0. The van der Waals surface area contributed by atoms with Crippen LogP contribution in [0.1, 0.15) is 23.7 Å². The average molecular weight is 325 g/mol. The molecule has 1 rings (SSSR count). The van der Waals surface area contributed by atoms with Crippen molar-refractivity contribution in [2.24, 2.45) is 0 Å². The van der Waals surface area contributed by atoms with Crippen LogP contribution in [0.4, 0.5) is 0 Å². The van der Waals surface area contributed by atoms with Crippen LogP contribution in [0.5, 0.6) is 0 Å². The largest absolute Gasteiger partial charge is 0.447 e. The number of carbonyl (C=O) groups is 2. The zero-order chi connectivity index (χ0) is 14.3. The molecule has 0 aliphatic heterocycles. The van der Waals surface area contributed by atoms with Gasteiger partial charge in [0.05, 0.1) is 6.42 Å². The maximum absolute atomic E-state index is 11.7. The molecule has 1 aromatic carbocycles. The maximum Gasteiger partial charge on any atom is 0.308 e. The Labute approximate surface area is 119 Å². The molecule has 0 saturated carbocycles. The molecule has 0 bridgehead atoms. The van der Waals surface area contributed by atoms with Gasteiger partial charge in [0.15, 0.2) is 6.10 Å². The number of ether oxygens (including phenoxy) is 1. The Morgan fingerprint density at radius 2 is 2.05 bits per heavy atom. The summed E-state index contributed by atoms with van der Waals surface area (Å²) in [6.45, 7) is 1.66. The first kappa shape index (κ1) is 15.2. The molecule has 19 heavy (non-hydrogen) atoms. The minimum absolute atomic E-state index is 0.0360. The van der Waals surface area contributed by atoms with E-state index < -0.39 is 12.1 Å². The lowest BCUT2D eigenvalue weighted by Crippen LogP contribution is -2.27. The highest BCUT2D eigenvalue weighted by Gasteiger charge is 2.09. The zero-order valence-corrected chi connectivity index (χ0v) is 11.9. The van der Waals surface area contributed by atoms with Gasteiger partial charge < -0.3 is 10.1 Å². The Kier molecular flexibility index (Phi) is 6.03. The van der Waals surface area contributed by atoms with E-state index in [-0.39, 0.29) is 18.9 Å². The van der Waals surface area contributed by atoms with Crippen molar-refractivity contribution in [2.75, 3.05) is 6.54 Å². The fourth-order valence-electron chi connectivity index (χ4n) is 1.26. The summed E-state index contributed by atoms with van der Waals surface area (Å²) in [6, 6.07) is 8.67. The van der Waals surface area contributed by atoms with Crippen molar-refractivity contribution in [3.8, 4) is 6.07 Å². The lowest BCUT2D eigenvalue weighted by Gasteiger charge is -2.07. The van der Waals surface area contributed by atoms with Gasteiger partial charge in [0.25, 0.3) is 5.91 Å². The molecule has 0 saturated heterocycles. The number of rotatable bonds is 5. The summed E-state index contributed by atoms with van der Waals surface area (Å²) < 4.78 is 5.63. The number of esters is 1. The Hall–Kier alpha value is -1.87. The van der Waals surface area contributed by atoms with Crippen molar-refractivity contribution < 1.29 is 14.3 Å². The number of carbonyl (C=O) groups excluding carboxylic acids is 2. The highest BCUT2D eigenvalue weighted by molar-refractivity contribution is 9.10. The van der Waals surface area contributed by atoms with Crippen LogP contribution in [-0.2, 0) is 9.53 Å². The van der Waals surface area contributed by atoms with Crippen LogP contribution in [0.3, 0.4) is 0 Å². The van der Waals surface area contributed by atoms with Crippen LogP contribution in [0.25, 0.3) is 0 Å². The van der Waals surface area contributed by atoms with Crippen LogP contribution in [0.2, 0.25) is 0 Å². The third-order valence-electron chi connectivity index (χ3n) is 2.21. The molecule has 0 aliphatic carbocycles. The predicted octanol–water partition coefficient (Wildman–Crippen LogP) is 2.02. The fourth-order valence-corrected chi connectivity index (χ4v) is 1.53. The molecule has 0 aliphatic rings. The summed E-state index contributed by atoms with van der Waals surface area (Å²) in [5.41, 5.74) is 0.516. The van der Waals surface area contributed by atoms with Gasteiger partial charge >= 0.3 is 5.97 Å². The molecule has 0 heterocycles. The number of benzene rings is 1. The zero-order valence-electron chi connectivity index (χ0n) is 10.4. The molecule has 1 aromatic rings. The number of amides is 1. The van der Waals surface area contributed by atoms with Gasteiger partial charge in [-0.2, -0.15) is 5.26 Å². The monoisotopic (exact) mass is 324 g/mol. The van der Waals surface area contributed by atoms with Crippen molar-refractivity contribution in [2.45, 2.75) is 19.4 Å². The molecule has 1 N–H and O–H groups in total. The summed E-state index contributed by atoms with van der Waals surface area (Å²) in [5, 5.41) is 11.1. The Morgan fingerprint density at radius 1 is 1.42 bits per heavy atom. The quantitative estimate of drug-likeness (QED) is 0.840. The third-order valence-corrected chi connectivity index (χ3v) is 2.74. The minimum Gasteiger partial charge on any atom is -0.447 e. The lowest BCUT2D eigenvalue weighted by atomic mass is 10.2. The highest BCUT2D eigenvalue weighted by Crippen LogP contribution is 2.10. The van der Waals surface area contributed by atoms with Gasteiger partial charge in [-0.25, -0.2) is 0 Å². The van der Waals surface area contributed by atoms with E-state index in [0.717, 1.165) is 4.47 Å². The first-order valence-electron chi connectivity index (χ1n) is 5.66. The van der Waals surface area contributed by atoms with Crippen LogP contribution in [0.15, 0.2) is 28.7 Å². The third kappa shape index (κ3) is 5.53. The van der Waals surface area contributed by atoms with Crippen molar-refractivity contribution in [1.29, 1.82) is 5.26 Å². The van der Waals surface area contributed by atoms with E-state index in [1.807, 2.05) is 0 Å². The lowest BCUT2D eigenvalue weighted by molar-refractivity contribution is -0.145. The van der Waals surface area contributed by atoms with Gasteiger partial charge in [-0.05, 0) is 31.2 Å². The SMILES string of the molecule is C[C@@H](C#N)OC(=O)CCNC(=O)c1ccc(Br)cc1. The molecule has 1 amide bonds. The number of hydrogen-bond donors (Lipinski definition) is 1. The second-order valence-electron chi connectivity index (χ2n) is 3.77. The van der Waals surface area contributed by atoms with Crippen LogP contribution >= 0.6 is 15.9 Å². The molecule has 0 spiro atoms. The van der Waals surface area contributed by atoms with Gasteiger partial charge in [-0.3, -0.25) is 9.59 Å². The smallest absolute Gasteiger partial charge is 0.308 e. The molecule has 6 heteroatoms. The normalized spacial score (nSPS) is 11.2. The predicted molar refractivity (Wildman–Crippen MR) is 72.3 cm³/mol. The second kappa shape index (κ2) is 7.54. The van der Waals surface area contributed by atoms with E-state index in [2.05, 4.69) is 21.2 Å². The van der Waals surface area contributed by atoms with Gasteiger partial charge in [0.2, 0.25) is 0 Å². The van der Waals surface area contributed by atoms with Crippen molar-refractivity contribution in [1.82, 2.24) is 5.32 Å². The molecular formula is C13H13BrN2O3. The summed E-state index contributed by atoms with van der Waals surface area (Å²) in [5.74, 6) is -0.765. The van der Waals surface area contributed by atoms with Crippen molar-refractivity contribution in [3.63, 3.8) is 0 Å². The van der Waals surface area contributed by atoms with E-state index in [4.69, 9.17) is 10.00 Å². The number of nitrogens with one attached hydrogen (secondary N) is 1. The number of nitriles is 1. The minimum atomic E-state index is -0.769. The van der Waals surface area contributed by atoms with Crippen molar-refractivity contribution >= 4 is 27.8 Å². The van der Waals surface area contributed by atoms with Crippen LogP contribution < -0.4 is 5.32 Å².